The van der Waals surface area contributed by atoms with E-state index in [1.807, 2.05) is 18.2 Å². The molecule has 0 bridgehead atoms. The van der Waals surface area contributed by atoms with Crippen molar-refractivity contribution in [1.82, 2.24) is 4.90 Å². The van der Waals surface area contributed by atoms with Crippen molar-refractivity contribution < 1.29 is 18.4 Å². The number of fused-ring (bicyclic) bond motifs is 1. The van der Waals surface area contributed by atoms with Gasteiger partial charge in [-0.15, -0.1) is 0 Å². The van der Waals surface area contributed by atoms with E-state index in [9.17, 15) is 9.59 Å². The number of carbonyl (C=O) groups is 2. The second-order valence-corrected chi connectivity index (χ2v) is 6.32. The molecule has 0 saturated carbocycles. The van der Waals surface area contributed by atoms with Crippen molar-refractivity contribution in [3.8, 4) is 0 Å². The van der Waals surface area contributed by atoms with Crippen LogP contribution in [0.1, 0.15) is 27.2 Å². The van der Waals surface area contributed by atoms with E-state index in [0.717, 1.165) is 17.5 Å². The zero-order valence-electron chi connectivity index (χ0n) is 14.6. The average Bonchev–Trinajstić information content (AvgIpc) is 3.39. The predicted octanol–water partition coefficient (Wildman–Crippen LogP) is 3.72. The van der Waals surface area contributed by atoms with Crippen LogP contribution < -0.4 is 5.32 Å². The molecule has 1 N–H and O–H groups in total. The van der Waals surface area contributed by atoms with Gasteiger partial charge in [0.15, 0.2) is 5.76 Å². The third-order valence-electron chi connectivity index (χ3n) is 4.48. The minimum atomic E-state index is -0.226. The SMILES string of the molecule is O=C(/C=C/c1ccoc1)Nc1ccc2c(c1)CN(C(=O)c1ccco1)CC2. The van der Waals surface area contributed by atoms with Crippen LogP contribution in [0.5, 0.6) is 0 Å². The highest BCUT2D eigenvalue weighted by Crippen LogP contribution is 2.24. The third-order valence-corrected chi connectivity index (χ3v) is 4.48. The standard InChI is InChI=1S/C21H18N2O4/c24-20(6-3-15-8-11-26-14-15)22-18-5-4-16-7-9-23(13-17(16)12-18)21(25)19-2-1-10-27-19/h1-6,8,10-12,14H,7,9,13H2,(H,22,24)/b6-3+. The van der Waals surface area contributed by atoms with E-state index in [2.05, 4.69) is 5.32 Å². The Morgan fingerprint density at radius 3 is 2.81 bits per heavy atom. The van der Waals surface area contributed by atoms with Gasteiger partial charge in [-0.05, 0) is 54.0 Å². The van der Waals surface area contributed by atoms with Gasteiger partial charge in [-0.2, -0.15) is 0 Å². The molecule has 0 unspecified atom stereocenters. The van der Waals surface area contributed by atoms with Gasteiger partial charge in [0, 0.05) is 30.4 Å². The zero-order chi connectivity index (χ0) is 18.6. The predicted molar refractivity (Wildman–Crippen MR) is 100.0 cm³/mol. The van der Waals surface area contributed by atoms with Crippen LogP contribution >= 0.6 is 0 Å². The van der Waals surface area contributed by atoms with Crippen molar-refractivity contribution in [2.45, 2.75) is 13.0 Å². The number of hydrogen-bond acceptors (Lipinski definition) is 4. The Hall–Kier alpha value is -3.54. The molecule has 0 spiro atoms. The Morgan fingerprint density at radius 1 is 1.11 bits per heavy atom. The first kappa shape index (κ1) is 16.9. The van der Waals surface area contributed by atoms with Gasteiger partial charge in [-0.25, -0.2) is 0 Å². The highest BCUT2D eigenvalue weighted by atomic mass is 16.3. The smallest absolute Gasteiger partial charge is 0.289 e. The molecule has 0 aliphatic carbocycles. The van der Waals surface area contributed by atoms with Gasteiger partial charge >= 0.3 is 0 Å². The summed E-state index contributed by atoms with van der Waals surface area (Å²) in [6, 6.07) is 10.9. The Kier molecular flexibility index (Phi) is 4.61. The molecule has 0 fully saturated rings. The topological polar surface area (TPSA) is 75.7 Å². The zero-order valence-corrected chi connectivity index (χ0v) is 14.6. The molecule has 4 rings (SSSR count). The number of benzene rings is 1. The van der Waals surface area contributed by atoms with Gasteiger partial charge in [0.2, 0.25) is 5.91 Å². The molecule has 136 valence electrons. The maximum atomic E-state index is 12.5. The lowest BCUT2D eigenvalue weighted by Crippen LogP contribution is -2.35. The summed E-state index contributed by atoms with van der Waals surface area (Å²) in [4.78, 5) is 26.3. The monoisotopic (exact) mass is 362 g/mol. The van der Waals surface area contributed by atoms with E-state index >= 15 is 0 Å². The number of furan rings is 2. The Bertz CT molecular complexity index is 972. The first-order valence-electron chi connectivity index (χ1n) is 8.65. The molecule has 1 aliphatic rings. The number of rotatable bonds is 4. The van der Waals surface area contributed by atoms with E-state index in [-0.39, 0.29) is 11.8 Å². The lowest BCUT2D eigenvalue weighted by atomic mass is 9.99. The minimum absolute atomic E-state index is 0.122. The average molecular weight is 362 g/mol. The molecule has 3 aromatic rings. The largest absolute Gasteiger partial charge is 0.472 e. The number of carbonyl (C=O) groups excluding carboxylic acids is 2. The molecule has 1 aromatic carbocycles. The molecule has 1 aliphatic heterocycles. The number of hydrogen-bond donors (Lipinski definition) is 1. The second-order valence-electron chi connectivity index (χ2n) is 6.32. The van der Waals surface area contributed by atoms with Crippen molar-refractivity contribution in [2.75, 3.05) is 11.9 Å². The molecule has 0 radical (unpaired) electrons. The summed E-state index contributed by atoms with van der Waals surface area (Å²) in [6.45, 7) is 1.13. The van der Waals surface area contributed by atoms with Crippen molar-refractivity contribution in [3.05, 3.63) is 83.7 Å². The van der Waals surface area contributed by atoms with Crippen LogP contribution in [0.4, 0.5) is 5.69 Å². The number of nitrogens with zero attached hydrogens (tertiary/aromatic N) is 1. The lowest BCUT2D eigenvalue weighted by Gasteiger charge is -2.28. The quantitative estimate of drug-likeness (QED) is 0.718. The second kappa shape index (κ2) is 7.37. The maximum absolute atomic E-state index is 12.5. The summed E-state index contributed by atoms with van der Waals surface area (Å²) in [5.41, 5.74) is 3.73. The van der Waals surface area contributed by atoms with Crippen LogP contribution in [0.15, 0.2) is 70.1 Å². The molecule has 2 aromatic heterocycles. The van der Waals surface area contributed by atoms with Gasteiger partial charge in [0.1, 0.15) is 0 Å². The number of amides is 2. The summed E-state index contributed by atoms with van der Waals surface area (Å²) in [5, 5.41) is 2.85. The van der Waals surface area contributed by atoms with Gasteiger partial charge in [0.25, 0.3) is 5.91 Å². The molecule has 2 amide bonds. The van der Waals surface area contributed by atoms with Gasteiger partial charge in [0.05, 0.1) is 18.8 Å². The van der Waals surface area contributed by atoms with Crippen molar-refractivity contribution in [2.24, 2.45) is 0 Å². The first-order chi connectivity index (χ1) is 13.2. The molecular weight excluding hydrogens is 344 g/mol. The Balaban J connectivity index is 1.44. The molecule has 0 atom stereocenters. The Morgan fingerprint density at radius 2 is 2.04 bits per heavy atom. The normalized spacial score (nSPS) is 13.6. The fourth-order valence-electron chi connectivity index (χ4n) is 3.09. The van der Waals surface area contributed by atoms with E-state index in [4.69, 9.17) is 8.83 Å². The van der Waals surface area contributed by atoms with E-state index < -0.39 is 0 Å². The van der Waals surface area contributed by atoms with Crippen LogP contribution in [-0.2, 0) is 17.8 Å². The third kappa shape index (κ3) is 3.84. The summed E-state index contributed by atoms with van der Waals surface area (Å²) in [6.07, 6.45) is 8.52. The van der Waals surface area contributed by atoms with Crippen LogP contribution in [0.2, 0.25) is 0 Å². The summed E-state index contributed by atoms with van der Waals surface area (Å²) < 4.78 is 10.2. The number of nitrogens with one attached hydrogen (secondary N) is 1. The van der Waals surface area contributed by atoms with Gasteiger partial charge in [-0.3, -0.25) is 9.59 Å². The van der Waals surface area contributed by atoms with Crippen LogP contribution in [0.25, 0.3) is 6.08 Å². The van der Waals surface area contributed by atoms with Gasteiger partial charge in [-0.1, -0.05) is 6.07 Å². The Labute approximate surface area is 156 Å². The van der Waals surface area contributed by atoms with E-state index in [1.165, 1.54) is 17.9 Å². The molecule has 6 heteroatoms. The molecule has 27 heavy (non-hydrogen) atoms. The molecule has 3 heterocycles. The first-order valence-corrected chi connectivity index (χ1v) is 8.65. The van der Waals surface area contributed by atoms with E-state index in [1.54, 1.807) is 41.7 Å². The fraction of sp³-hybridized carbons (Fsp3) is 0.143. The highest BCUT2D eigenvalue weighted by molar-refractivity contribution is 6.02. The van der Waals surface area contributed by atoms with Crippen LogP contribution in [-0.4, -0.2) is 23.3 Å². The van der Waals surface area contributed by atoms with Gasteiger partial charge < -0.3 is 19.1 Å². The van der Waals surface area contributed by atoms with E-state index in [0.29, 0.717) is 24.5 Å². The van der Waals surface area contributed by atoms with Crippen LogP contribution in [0, 0.1) is 0 Å². The molecule has 0 saturated heterocycles. The fourth-order valence-corrected chi connectivity index (χ4v) is 3.09. The highest BCUT2D eigenvalue weighted by Gasteiger charge is 2.23. The molecule has 6 nitrogen and oxygen atoms in total. The molecular formula is C21H18N2O4. The van der Waals surface area contributed by atoms with Crippen molar-refractivity contribution in [1.29, 1.82) is 0 Å². The van der Waals surface area contributed by atoms with Crippen LogP contribution in [0.3, 0.4) is 0 Å². The maximum Gasteiger partial charge on any atom is 0.289 e. The summed E-state index contributed by atoms with van der Waals surface area (Å²) in [5.74, 6) is -0.00842. The van der Waals surface area contributed by atoms with Crippen molar-refractivity contribution >= 4 is 23.6 Å². The minimum Gasteiger partial charge on any atom is -0.472 e. The van der Waals surface area contributed by atoms with Crippen molar-refractivity contribution in [3.63, 3.8) is 0 Å². The summed E-state index contributed by atoms with van der Waals surface area (Å²) >= 11 is 0. The number of anilines is 1. The lowest BCUT2D eigenvalue weighted by molar-refractivity contribution is -0.111. The summed E-state index contributed by atoms with van der Waals surface area (Å²) in [7, 11) is 0.